The molecule has 0 aliphatic rings. The summed E-state index contributed by atoms with van der Waals surface area (Å²) in [4.78, 5) is 4.45. The number of hydrogen-bond donors (Lipinski definition) is 0. The fourth-order valence-corrected chi connectivity index (χ4v) is 2.60. The van der Waals surface area contributed by atoms with Crippen LogP contribution in [0.4, 0.5) is 8.78 Å². The van der Waals surface area contributed by atoms with Crippen LogP contribution in [-0.4, -0.2) is 6.21 Å². The maximum atomic E-state index is 13.9. The predicted molar refractivity (Wildman–Crippen MR) is 94.2 cm³/mol. The van der Waals surface area contributed by atoms with E-state index in [0.29, 0.717) is 5.56 Å². The molecule has 0 saturated carbocycles. The van der Waals surface area contributed by atoms with Crippen molar-refractivity contribution >= 4 is 6.21 Å². The van der Waals surface area contributed by atoms with Gasteiger partial charge in [0, 0.05) is 23.4 Å². The third-order valence-electron chi connectivity index (χ3n) is 3.90. The Morgan fingerprint density at radius 1 is 0.875 bits per heavy atom. The van der Waals surface area contributed by atoms with Crippen molar-refractivity contribution in [1.82, 2.24) is 0 Å². The zero-order valence-corrected chi connectivity index (χ0v) is 13.3. The predicted octanol–water partition coefficient (Wildman–Crippen LogP) is 5.81. The Hall–Kier alpha value is -2.81. The van der Waals surface area contributed by atoms with Gasteiger partial charge in [0.2, 0.25) is 0 Å². The van der Waals surface area contributed by atoms with Gasteiger partial charge in [0.15, 0.2) is 0 Å². The molecule has 0 fully saturated rings. The molecule has 0 radical (unpaired) electrons. The lowest BCUT2D eigenvalue weighted by atomic mass is 10.0. The highest BCUT2D eigenvalue weighted by Crippen LogP contribution is 2.24. The summed E-state index contributed by atoms with van der Waals surface area (Å²) < 4.78 is 26.9. The normalized spacial score (nSPS) is 12.5. The first-order chi connectivity index (χ1) is 11.6. The molecule has 3 rings (SSSR count). The third kappa shape index (κ3) is 3.57. The van der Waals surface area contributed by atoms with Crippen LogP contribution < -0.4 is 0 Å². The van der Waals surface area contributed by atoms with Crippen LogP contribution in [0.15, 0.2) is 77.8 Å². The van der Waals surface area contributed by atoms with Crippen LogP contribution in [0.1, 0.15) is 24.1 Å². The molecule has 0 aromatic heterocycles. The van der Waals surface area contributed by atoms with Crippen LogP contribution in [0.5, 0.6) is 0 Å². The van der Waals surface area contributed by atoms with Gasteiger partial charge in [-0.2, -0.15) is 0 Å². The minimum absolute atomic E-state index is 0.379. The van der Waals surface area contributed by atoms with E-state index in [1.165, 1.54) is 12.1 Å². The van der Waals surface area contributed by atoms with Crippen LogP contribution in [0.25, 0.3) is 11.1 Å². The molecule has 0 aliphatic heterocycles. The molecule has 0 saturated heterocycles. The van der Waals surface area contributed by atoms with E-state index in [0.717, 1.165) is 22.8 Å². The van der Waals surface area contributed by atoms with Crippen LogP contribution >= 0.6 is 0 Å². The largest absolute Gasteiger partial charge is 0.285 e. The number of benzene rings is 3. The number of aliphatic imine (C=N–C) groups is 1. The van der Waals surface area contributed by atoms with Crippen LogP contribution in [0.2, 0.25) is 0 Å². The summed E-state index contributed by atoms with van der Waals surface area (Å²) >= 11 is 0. The zero-order valence-electron chi connectivity index (χ0n) is 13.3. The van der Waals surface area contributed by atoms with Gasteiger partial charge in [-0.1, -0.05) is 60.7 Å². The van der Waals surface area contributed by atoms with Crippen molar-refractivity contribution in [2.24, 2.45) is 4.99 Å². The molecule has 120 valence electrons. The van der Waals surface area contributed by atoms with Gasteiger partial charge in [0.1, 0.15) is 11.6 Å². The van der Waals surface area contributed by atoms with Gasteiger partial charge in [0.25, 0.3) is 0 Å². The molecule has 0 N–H and O–H groups in total. The van der Waals surface area contributed by atoms with Crippen molar-refractivity contribution in [3.63, 3.8) is 0 Å². The van der Waals surface area contributed by atoms with Gasteiger partial charge in [-0.15, -0.1) is 0 Å². The fourth-order valence-electron chi connectivity index (χ4n) is 2.60. The summed E-state index contributed by atoms with van der Waals surface area (Å²) in [5.41, 5.74) is 3.50. The van der Waals surface area contributed by atoms with Crippen LogP contribution in [0.3, 0.4) is 0 Å². The van der Waals surface area contributed by atoms with E-state index >= 15 is 0 Å². The van der Waals surface area contributed by atoms with Crippen LogP contribution in [0, 0.1) is 11.6 Å². The fraction of sp³-hybridized carbons (Fsp3) is 0.0952. The molecular formula is C21H17F2N. The third-order valence-corrected chi connectivity index (χ3v) is 3.90. The summed E-state index contributed by atoms with van der Waals surface area (Å²) in [6.45, 7) is 1.79. The summed E-state index contributed by atoms with van der Waals surface area (Å²) in [5, 5.41) is 0. The highest BCUT2D eigenvalue weighted by molar-refractivity contribution is 5.90. The molecule has 1 nitrogen and oxygen atoms in total. The van der Waals surface area contributed by atoms with E-state index in [4.69, 9.17) is 0 Å². The van der Waals surface area contributed by atoms with Crippen molar-refractivity contribution in [3.8, 4) is 11.1 Å². The smallest absolute Gasteiger partial charge is 0.131 e. The zero-order chi connectivity index (χ0) is 16.9. The van der Waals surface area contributed by atoms with Crippen molar-refractivity contribution in [2.45, 2.75) is 13.0 Å². The molecule has 0 aliphatic carbocycles. The highest BCUT2D eigenvalue weighted by Gasteiger charge is 2.10. The minimum Gasteiger partial charge on any atom is -0.285 e. The number of halogens is 2. The molecule has 0 spiro atoms. The first kappa shape index (κ1) is 16.1. The van der Waals surface area contributed by atoms with E-state index in [-0.39, 0.29) is 0 Å². The van der Waals surface area contributed by atoms with Gasteiger partial charge >= 0.3 is 0 Å². The summed E-state index contributed by atoms with van der Waals surface area (Å²) in [6, 6.07) is 21.1. The molecule has 0 heterocycles. The Kier molecular flexibility index (Phi) is 4.80. The van der Waals surface area contributed by atoms with Crippen LogP contribution in [-0.2, 0) is 0 Å². The summed E-state index contributed by atoms with van der Waals surface area (Å²) in [5.74, 6) is -1.15. The topological polar surface area (TPSA) is 12.4 Å². The average molecular weight is 321 g/mol. The standard InChI is InChI=1S/C21H17F2N/c1-15(19-12-11-18(22)13-21(19)23)24-14-17-9-5-6-10-20(17)16-7-3-2-4-8-16/h2-15H,1H3/b24-14+. The maximum Gasteiger partial charge on any atom is 0.131 e. The molecular weight excluding hydrogens is 304 g/mol. The Morgan fingerprint density at radius 2 is 1.58 bits per heavy atom. The average Bonchev–Trinajstić information content (AvgIpc) is 2.61. The van der Waals surface area contributed by atoms with E-state index in [1.807, 2.05) is 54.6 Å². The molecule has 3 aromatic carbocycles. The first-order valence-corrected chi connectivity index (χ1v) is 7.78. The highest BCUT2D eigenvalue weighted by atomic mass is 19.1. The van der Waals surface area contributed by atoms with Gasteiger partial charge < -0.3 is 0 Å². The maximum absolute atomic E-state index is 13.9. The lowest BCUT2D eigenvalue weighted by Gasteiger charge is -2.09. The molecule has 24 heavy (non-hydrogen) atoms. The lowest BCUT2D eigenvalue weighted by molar-refractivity contribution is 0.563. The Morgan fingerprint density at radius 3 is 2.33 bits per heavy atom. The first-order valence-electron chi connectivity index (χ1n) is 7.78. The second kappa shape index (κ2) is 7.18. The molecule has 1 unspecified atom stereocenters. The van der Waals surface area contributed by atoms with Crippen molar-refractivity contribution in [3.05, 3.63) is 95.6 Å². The minimum atomic E-state index is -0.582. The van der Waals surface area contributed by atoms with Gasteiger partial charge in [-0.05, 0) is 24.1 Å². The summed E-state index contributed by atoms with van der Waals surface area (Å²) in [6.07, 6.45) is 1.75. The monoisotopic (exact) mass is 321 g/mol. The number of hydrogen-bond acceptors (Lipinski definition) is 1. The quantitative estimate of drug-likeness (QED) is 0.538. The molecule has 3 heteroatoms. The molecule has 0 bridgehead atoms. The second-order valence-corrected chi connectivity index (χ2v) is 5.57. The van der Waals surface area contributed by atoms with E-state index in [2.05, 4.69) is 4.99 Å². The SMILES string of the molecule is CC(/N=C/c1ccccc1-c1ccccc1)c1ccc(F)cc1F. The van der Waals surface area contributed by atoms with Crippen molar-refractivity contribution in [1.29, 1.82) is 0 Å². The second-order valence-electron chi connectivity index (χ2n) is 5.57. The Bertz CT molecular complexity index is 857. The number of nitrogens with zero attached hydrogens (tertiary/aromatic N) is 1. The van der Waals surface area contributed by atoms with E-state index in [9.17, 15) is 8.78 Å². The van der Waals surface area contributed by atoms with E-state index < -0.39 is 17.7 Å². The molecule has 0 amide bonds. The van der Waals surface area contributed by atoms with E-state index in [1.54, 1.807) is 13.1 Å². The van der Waals surface area contributed by atoms with Crippen molar-refractivity contribution in [2.75, 3.05) is 0 Å². The van der Waals surface area contributed by atoms with Crippen molar-refractivity contribution < 1.29 is 8.78 Å². The van der Waals surface area contributed by atoms with Gasteiger partial charge in [-0.25, -0.2) is 8.78 Å². The molecule has 1 atom stereocenters. The summed E-state index contributed by atoms with van der Waals surface area (Å²) in [7, 11) is 0. The number of rotatable bonds is 4. The Labute approximate surface area is 140 Å². The van der Waals surface area contributed by atoms with Gasteiger partial charge in [-0.3, -0.25) is 4.99 Å². The Balaban J connectivity index is 1.90. The molecule has 3 aromatic rings. The lowest BCUT2D eigenvalue weighted by Crippen LogP contribution is -1.97. The van der Waals surface area contributed by atoms with Gasteiger partial charge in [0.05, 0.1) is 6.04 Å².